The van der Waals surface area contributed by atoms with Crippen LogP contribution < -0.4 is 4.74 Å². The van der Waals surface area contributed by atoms with Crippen LogP contribution >= 0.6 is 12.6 Å². The van der Waals surface area contributed by atoms with E-state index in [-0.39, 0.29) is 5.82 Å². The predicted molar refractivity (Wildman–Crippen MR) is 58.3 cm³/mol. The standard InChI is InChI=1S/C11H11FOS/c1-2-13-10-6-5-9(4-3-7-14)11(12)8-10/h5-6,8,14H,2,7H2,1H3. The second-order valence-electron chi connectivity index (χ2n) is 2.53. The molecule has 0 radical (unpaired) electrons. The monoisotopic (exact) mass is 210 g/mol. The molecule has 14 heavy (non-hydrogen) atoms. The molecule has 0 bridgehead atoms. The van der Waals surface area contributed by atoms with E-state index >= 15 is 0 Å². The minimum atomic E-state index is -0.356. The normalized spacial score (nSPS) is 9.07. The van der Waals surface area contributed by atoms with Crippen molar-refractivity contribution >= 4 is 12.6 Å². The van der Waals surface area contributed by atoms with Crippen LogP contribution in [0.15, 0.2) is 18.2 Å². The molecule has 0 spiro atoms. The molecule has 0 aliphatic rings. The van der Waals surface area contributed by atoms with E-state index < -0.39 is 0 Å². The molecular weight excluding hydrogens is 199 g/mol. The van der Waals surface area contributed by atoms with Crippen molar-refractivity contribution in [2.45, 2.75) is 6.92 Å². The fourth-order valence-electron chi connectivity index (χ4n) is 0.988. The van der Waals surface area contributed by atoms with Gasteiger partial charge in [0.2, 0.25) is 0 Å². The van der Waals surface area contributed by atoms with Gasteiger partial charge in [-0.15, -0.1) is 0 Å². The molecule has 0 saturated heterocycles. The van der Waals surface area contributed by atoms with Crippen molar-refractivity contribution in [3.8, 4) is 17.6 Å². The topological polar surface area (TPSA) is 9.23 Å². The van der Waals surface area contributed by atoms with Gasteiger partial charge in [-0.05, 0) is 19.1 Å². The van der Waals surface area contributed by atoms with Crippen LogP contribution in [-0.2, 0) is 0 Å². The average Bonchev–Trinajstić information content (AvgIpc) is 2.17. The number of rotatable bonds is 2. The highest BCUT2D eigenvalue weighted by atomic mass is 32.1. The van der Waals surface area contributed by atoms with E-state index in [4.69, 9.17) is 4.74 Å². The van der Waals surface area contributed by atoms with Crippen LogP contribution in [0, 0.1) is 17.7 Å². The minimum absolute atomic E-state index is 0.356. The van der Waals surface area contributed by atoms with Crippen LogP contribution in [-0.4, -0.2) is 12.4 Å². The zero-order valence-electron chi connectivity index (χ0n) is 7.88. The summed E-state index contributed by atoms with van der Waals surface area (Å²) in [6.45, 7) is 2.38. The summed E-state index contributed by atoms with van der Waals surface area (Å²) >= 11 is 3.92. The molecule has 74 valence electrons. The fourth-order valence-corrected chi connectivity index (χ4v) is 1.07. The third-order valence-corrected chi connectivity index (χ3v) is 1.71. The van der Waals surface area contributed by atoms with E-state index in [0.717, 1.165) is 0 Å². The summed E-state index contributed by atoms with van der Waals surface area (Å²) in [6, 6.07) is 4.65. The number of hydrogen-bond acceptors (Lipinski definition) is 2. The summed E-state index contributed by atoms with van der Waals surface area (Å²) in [5.41, 5.74) is 0.377. The highest BCUT2D eigenvalue weighted by Crippen LogP contribution is 2.15. The van der Waals surface area contributed by atoms with E-state index in [1.807, 2.05) is 6.92 Å². The van der Waals surface area contributed by atoms with Crippen molar-refractivity contribution in [2.24, 2.45) is 0 Å². The fraction of sp³-hybridized carbons (Fsp3) is 0.273. The Morgan fingerprint density at radius 1 is 1.50 bits per heavy atom. The molecule has 1 aromatic rings. The molecule has 0 saturated carbocycles. The maximum absolute atomic E-state index is 13.3. The molecule has 0 unspecified atom stereocenters. The van der Waals surface area contributed by atoms with Gasteiger partial charge in [-0.1, -0.05) is 11.8 Å². The Balaban J connectivity index is 2.89. The number of halogens is 1. The summed E-state index contributed by atoms with van der Waals surface area (Å²) < 4.78 is 18.4. The Hall–Kier alpha value is -1.14. The molecule has 0 aliphatic heterocycles. The lowest BCUT2D eigenvalue weighted by atomic mass is 10.2. The molecule has 0 aliphatic carbocycles. The van der Waals surface area contributed by atoms with Crippen molar-refractivity contribution in [1.82, 2.24) is 0 Å². The van der Waals surface area contributed by atoms with Crippen LogP contribution in [0.25, 0.3) is 0 Å². The first-order valence-corrected chi connectivity index (χ1v) is 4.93. The van der Waals surface area contributed by atoms with Gasteiger partial charge in [0.1, 0.15) is 11.6 Å². The van der Waals surface area contributed by atoms with Crippen LogP contribution in [0.2, 0.25) is 0 Å². The van der Waals surface area contributed by atoms with Gasteiger partial charge in [-0.25, -0.2) is 4.39 Å². The number of hydrogen-bond donors (Lipinski definition) is 1. The molecule has 0 N–H and O–H groups in total. The molecule has 0 atom stereocenters. The van der Waals surface area contributed by atoms with Gasteiger partial charge >= 0.3 is 0 Å². The Labute approximate surface area is 88.7 Å². The maximum Gasteiger partial charge on any atom is 0.142 e. The predicted octanol–water partition coefficient (Wildman–Crippen LogP) is 2.51. The SMILES string of the molecule is CCOc1ccc(C#CCS)c(F)c1. The lowest BCUT2D eigenvalue weighted by Gasteiger charge is -2.02. The number of thiol groups is 1. The first-order chi connectivity index (χ1) is 6.77. The molecule has 0 heterocycles. The van der Waals surface area contributed by atoms with Crippen molar-refractivity contribution < 1.29 is 9.13 Å². The average molecular weight is 210 g/mol. The smallest absolute Gasteiger partial charge is 0.142 e. The Morgan fingerprint density at radius 2 is 2.29 bits per heavy atom. The van der Waals surface area contributed by atoms with Gasteiger partial charge in [0.25, 0.3) is 0 Å². The van der Waals surface area contributed by atoms with Crippen LogP contribution in [0.3, 0.4) is 0 Å². The second kappa shape index (κ2) is 5.56. The number of ether oxygens (including phenoxy) is 1. The van der Waals surface area contributed by atoms with E-state index in [1.54, 1.807) is 12.1 Å². The molecule has 1 nitrogen and oxygen atoms in total. The molecule has 3 heteroatoms. The summed E-state index contributed by atoms with van der Waals surface area (Å²) in [7, 11) is 0. The van der Waals surface area contributed by atoms with Gasteiger partial charge < -0.3 is 4.74 Å². The molecule has 0 aromatic heterocycles. The van der Waals surface area contributed by atoms with E-state index in [2.05, 4.69) is 24.5 Å². The first kappa shape index (κ1) is 10.9. The summed E-state index contributed by atoms with van der Waals surface area (Å²) in [4.78, 5) is 0. The molecule has 1 rings (SSSR count). The second-order valence-corrected chi connectivity index (χ2v) is 2.85. The van der Waals surface area contributed by atoms with Gasteiger partial charge in [-0.3, -0.25) is 0 Å². The van der Waals surface area contributed by atoms with E-state index in [0.29, 0.717) is 23.7 Å². The molecule has 0 amide bonds. The van der Waals surface area contributed by atoms with Crippen molar-refractivity contribution in [2.75, 3.05) is 12.4 Å². The maximum atomic E-state index is 13.3. The van der Waals surface area contributed by atoms with Crippen LogP contribution in [0.5, 0.6) is 5.75 Å². The van der Waals surface area contributed by atoms with Gasteiger partial charge in [0.15, 0.2) is 0 Å². The zero-order chi connectivity index (χ0) is 10.4. The van der Waals surface area contributed by atoms with Gasteiger partial charge in [0.05, 0.1) is 17.9 Å². The van der Waals surface area contributed by atoms with Gasteiger partial charge in [-0.2, -0.15) is 12.6 Å². The molecule has 1 aromatic carbocycles. The highest BCUT2D eigenvalue weighted by molar-refractivity contribution is 7.80. The Kier molecular flexibility index (Phi) is 4.34. The lowest BCUT2D eigenvalue weighted by Crippen LogP contribution is -1.93. The molecular formula is C11H11FOS. The minimum Gasteiger partial charge on any atom is -0.494 e. The third-order valence-electron chi connectivity index (χ3n) is 1.55. The first-order valence-electron chi connectivity index (χ1n) is 4.30. The molecule has 0 fully saturated rings. The van der Waals surface area contributed by atoms with Crippen molar-refractivity contribution in [3.05, 3.63) is 29.6 Å². The lowest BCUT2D eigenvalue weighted by molar-refractivity contribution is 0.338. The third kappa shape index (κ3) is 2.97. The van der Waals surface area contributed by atoms with E-state index in [9.17, 15) is 4.39 Å². The number of benzene rings is 1. The summed E-state index contributed by atoms with van der Waals surface area (Å²) in [6.07, 6.45) is 0. The van der Waals surface area contributed by atoms with E-state index in [1.165, 1.54) is 6.07 Å². The largest absolute Gasteiger partial charge is 0.494 e. The Morgan fingerprint density at radius 3 is 2.86 bits per heavy atom. The van der Waals surface area contributed by atoms with Crippen LogP contribution in [0.1, 0.15) is 12.5 Å². The van der Waals surface area contributed by atoms with Crippen molar-refractivity contribution in [1.29, 1.82) is 0 Å². The zero-order valence-corrected chi connectivity index (χ0v) is 8.77. The van der Waals surface area contributed by atoms with Gasteiger partial charge in [0, 0.05) is 6.07 Å². The Bertz CT molecular complexity index is 365. The highest BCUT2D eigenvalue weighted by Gasteiger charge is 2.00. The van der Waals surface area contributed by atoms with Crippen molar-refractivity contribution in [3.63, 3.8) is 0 Å². The van der Waals surface area contributed by atoms with Crippen LogP contribution in [0.4, 0.5) is 4.39 Å². The summed E-state index contributed by atoms with van der Waals surface area (Å²) in [5.74, 6) is 5.96. The summed E-state index contributed by atoms with van der Waals surface area (Å²) in [5, 5.41) is 0. The quantitative estimate of drug-likeness (QED) is 0.583.